The Bertz CT molecular complexity index is 1050. The first-order valence-electron chi connectivity index (χ1n) is 8.44. The summed E-state index contributed by atoms with van der Waals surface area (Å²) in [7, 11) is 0. The van der Waals surface area contributed by atoms with Gasteiger partial charge in [0.05, 0.1) is 28.6 Å². The minimum absolute atomic E-state index is 0.136. The number of H-pyrrole nitrogens is 1. The first kappa shape index (κ1) is 19.6. The molecule has 146 valence electrons. The van der Waals surface area contributed by atoms with Gasteiger partial charge in [-0.05, 0) is 25.7 Å². The predicted molar refractivity (Wildman–Crippen MR) is 105 cm³/mol. The van der Waals surface area contributed by atoms with Gasteiger partial charge in [0.15, 0.2) is 5.16 Å². The lowest BCUT2D eigenvalue weighted by Crippen LogP contribution is -2.31. The van der Waals surface area contributed by atoms with Gasteiger partial charge in [-0.2, -0.15) is 0 Å². The third kappa shape index (κ3) is 3.50. The maximum absolute atomic E-state index is 12.8. The maximum Gasteiger partial charge on any atom is 0.336 e. The van der Waals surface area contributed by atoms with Crippen LogP contribution >= 0.6 is 11.8 Å². The highest BCUT2D eigenvalue weighted by atomic mass is 32.2. The van der Waals surface area contributed by atoms with E-state index in [2.05, 4.69) is 15.3 Å². The first-order valence-corrected chi connectivity index (χ1v) is 9.67. The fraction of sp³-hybridized carbons (Fsp3) is 0.278. The van der Waals surface area contributed by atoms with Crippen LogP contribution in [0.25, 0.3) is 0 Å². The number of hydrogen-bond donors (Lipinski definition) is 2. The Hall–Kier alpha value is -3.14. The van der Waals surface area contributed by atoms with Crippen LogP contribution in [0.5, 0.6) is 0 Å². The molecule has 1 aliphatic rings. The number of allylic oxidation sites excluding steroid dienone is 1. The summed E-state index contributed by atoms with van der Waals surface area (Å²) in [6, 6.07) is 5.87. The highest BCUT2D eigenvalue weighted by Gasteiger charge is 2.36. The molecular weight excluding hydrogens is 384 g/mol. The molecule has 2 heterocycles. The summed E-state index contributed by atoms with van der Waals surface area (Å²) in [5.74, 6) is -1.12. The molecule has 0 bridgehead atoms. The number of esters is 1. The van der Waals surface area contributed by atoms with E-state index >= 15 is 0 Å². The molecule has 2 N–H and O–H groups in total. The number of nitro groups is 1. The Labute approximate surface area is 164 Å². The summed E-state index contributed by atoms with van der Waals surface area (Å²) in [4.78, 5) is 43.3. The van der Waals surface area contributed by atoms with Crippen LogP contribution in [0.1, 0.15) is 30.9 Å². The zero-order valence-corrected chi connectivity index (χ0v) is 16.3. The van der Waals surface area contributed by atoms with Crippen molar-refractivity contribution < 1.29 is 14.5 Å². The molecule has 0 unspecified atom stereocenters. The standard InChI is InChI=1S/C18H18N4O5S/c1-4-27-17(24)12-9(2)19-15-14(16(23)21-18(20-15)28-3)13(12)10-6-5-7-11(8-10)22(25)26/h5-8,13H,4H2,1-3H3,(H2,19,20,21,23)/t13-/m1/s1. The largest absolute Gasteiger partial charge is 0.463 e. The van der Waals surface area contributed by atoms with Crippen LogP contribution < -0.4 is 10.9 Å². The first-order chi connectivity index (χ1) is 13.4. The van der Waals surface area contributed by atoms with E-state index < -0.39 is 22.4 Å². The zero-order chi connectivity index (χ0) is 20.4. The van der Waals surface area contributed by atoms with Gasteiger partial charge in [0.25, 0.3) is 11.2 Å². The lowest BCUT2D eigenvalue weighted by molar-refractivity contribution is -0.384. The molecule has 3 rings (SSSR count). The highest BCUT2D eigenvalue weighted by molar-refractivity contribution is 7.98. The molecule has 0 saturated heterocycles. The number of nitrogens with one attached hydrogen (secondary N) is 2. The number of carbonyl (C=O) groups is 1. The lowest BCUT2D eigenvalue weighted by atomic mass is 9.82. The third-order valence-corrected chi connectivity index (χ3v) is 4.90. The van der Waals surface area contributed by atoms with E-state index in [4.69, 9.17) is 4.74 Å². The molecular formula is C18H18N4O5S. The van der Waals surface area contributed by atoms with Crippen molar-refractivity contribution in [3.8, 4) is 0 Å². The van der Waals surface area contributed by atoms with Crippen LogP contribution in [-0.2, 0) is 9.53 Å². The Morgan fingerprint density at radius 3 is 2.82 bits per heavy atom. The number of aromatic amines is 1. The summed E-state index contributed by atoms with van der Waals surface area (Å²) >= 11 is 1.27. The van der Waals surface area contributed by atoms with Crippen LogP contribution in [0.4, 0.5) is 11.5 Å². The second kappa shape index (κ2) is 7.85. The minimum Gasteiger partial charge on any atom is -0.463 e. The second-order valence-corrected chi connectivity index (χ2v) is 6.80. The number of nitro benzene ring substituents is 1. The van der Waals surface area contributed by atoms with Crippen LogP contribution in [0, 0.1) is 10.1 Å². The van der Waals surface area contributed by atoms with Crippen molar-refractivity contribution in [2.45, 2.75) is 24.9 Å². The number of ether oxygens (including phenoxy) is 1. The molecule has 1 aliphatic heterocycles. The van der Waals surface area contributed by atoms with Gasteiger partial charge in [0.2, 0.25) is 0 Å². The van der Waals surface area contributed by atoms with Crippen molar-refractivity contribution in [2.24, 2.45) is 0 Å². The van der Waals surface area contributed by atoms with Crippen molar-refractivity contribution >= 4 is 29.2 Å². The summed E-state index contributed by atoms with van der Waals surface area (Å²) < 4.78 is 5.17. The van der Waals surface area contributed by atoms with E-state index in [9.17, 15) is 19.7 Å². The van der Waals surface area contributed by atoms with Gasteiger partial charge < -0.3 is 15.0 Å². The Kier molecular flexibility index (Phi) is 5.50. The molecule has 1 aromatic heterocycles. The van der Waals surface area contributed by atoms with Gasteiger partial charge >= 0.3 is 5.97 Å². The quantitative estimate of drug-likeness (QED) is 0.257. The average Bonchev–Trinajstić information content (AvgIpc) is 2.66. The molecule has 10 heteroatoms. The Balaban J connectivity index is 2.28. The SMILES string of the molecule is CCOC(=O)C1=C(C)Nc2nc(SC)[nH]c(=O)c2[C@@H]1c1cccc([N+](=O)[O-])c1. The molecule has 0 radical (unpaired) electrons. The molecule has 1 atom stereocenters. The van der Waals surface area contributed by atoms with E-state index in [1.54, 1.807) is 26.2 Å². The van der Waals surface area contributed by atoms with E-state index in [0.717, 1.165) is 0 Å². The van der Waals surface area contributed by atoms with E-state index in [0.29, 0.717) is 22.2 Å². The molecule has 0 spiro atoms. The van der Waals surface area contributed by atoms with Crippen LogP contribution in [-0.4, -0.2) is 33.7 Å². The van der Waals surface area contributed by atoms with E-state index in [-0.39, 0.29) is 23.4 Å². The predicted octanol–water partition coefficient (Wildman–Crippen LogP) is 2.79. The van der Waals surface area contributed by atoms with Gasteiger partial charge in [-0.15, -0.1) is 0 Å². The average molecular weight is 402 g/mol. The molecule has 28 heavy (non-hydrogen) atoms. The molecule has 0 aliphatic carbocycles. The van der Waals surface area contributed by atoms with Crippen molar-refractivity contribution in [3.05, 3.63) is 67.1 Å². The van der Waals surface area contributed by atoms with Crippen LogP contribution in [0.2, 0.25) is 0 Å². The molecule has 0 saturated carbocycles. The Morgan fingerprint density at radius 2 is 2.18 bits per heavy atom. The van der Waals surface area contributed by atoms with Gasteiger partial charge in [-0.3, -0.25) is 14.9 Å². The Morgan fingerprint density at radius 1 is 1.43 bits per heavy atom. The summed E-state index contributed by atoms with van der Waals surface area (Å²) in [5, 5.41) is 14.6. The molecule has 1 aromatic carbocycles. The van der Waals surface area contributed by atoms with Crippen molar-refractivity contribution in [1.29, 1.82) is 0 Å². The molecule has 0 amide bonds. The minimum atomic E-state index is -0.845. The fourth-order valence-corrected chi connectivity index (χ4v) is 3.54. The fourth-order valence-electron chi connectivity index (χ4n) is 3.16. The van der Waals surface area contributed by atoms with Crippen molar-refractivity contribution in [2.75, 3.05) is 18.2 Å². The topological polar surface area (TPSA) is 127 Å². The van der Waals surface area contributed by atoms with Crippen molar-refractivity contribution in [1.82, 2.24) is 9.97 Å². The number of nitrogens with zero attached hydrogens (tertiary/aromatic N) is 2. The van der Waals surface area contributed by atoms with Gasteiger partial charge in [-0.25, -0.2) is 9.78 Å². The number of fused-ring (bicyclic) bond motifs is 1. The van der Waals surface area contributed by atoms with Gasteiger partial charge in [-0.1, -0.05) is 23.9 Å². The summed E-state index contributed by atoms with van der Waals surface area (Å²) in [6.07, 6.45) is 1.78. The maximum atomic E-state index is 12.8. The molecule has 0 fully saturated rings. The molecule has 9 nitrogen and oxygen atoms in total. The number of aromatic nitrogens is 2. The smallest absolute Gasteiger partial charge is 0.336 e. The number of thioether (sulfide) groups is 1. The monoisotopic (exact) mass is 402 g/mol. The second-order valence-electron chi connectivity index (χ2n) is 6.01. The highest BCUT2D eigenvalue weighted by Crippen LogP contribution is 2.40. The van der Waals surface area contributed by atoms with E-state index in [1.807, 2.05) is 0 Å². The number of carbonyl (C=O) groups excluding carboxylic acids is 1. The molecule has 2 aromatic rings. The number of hydrogen-bond acceptors (Lipinski definition) is 8. The van der Waals surface area contributed by atoms with Crippen molar-refractivity contribution in [3.63, 3.8) is 0 Å². The van der Waals surface area contributed by atoms with Crippen LogP contribution in [0.15, 0.2) is 45.5 Å². The number of anilines is 1. The van der Waals surface area contributed by atoms with Crippen LogP contribution in [0.3, 0.4) is 0 Å². The summed E-state index contributed by atoms with van der Waals surface area (Å²) in [5.41, 5.74) is 0.790. The third-order valence-electron chi connectivity index (χ3n) is 4.32. The van der Waals surface area contributed by atoms with Gasteiger partial charge in [0, 0.05) is 17.8 Å². The van der Waals surface area contributed by atoms with Gasteiger partial charge in [0.1, 0.15) is 5.82 Å². The zero-order valence-electron chi connectivity index (χ0n) is 15.4. The lowest BCUT2D eigenvalue weighted by Gasteiger charge is -2.28. The normalized spacial score (nSPS) is 15.6. The number of rotatable bonds is 5. The summed E-state index contributed by atoms with van der Waals surface area (Å²) in [6.45, 7) is 3.52. The van der Waals surface area contributed by atoms with E-state index in [1.165, 1.54) is 30.0 Å². The number of non-ortho nitro benzene ring substituents is 1. The number of benzene rings is 1.